The van der Waals surface area contributed by atoms with Crippen molar-refractivity contribution in [3.63, 3.8) is 0 Å². The fraction of sp³-hybridized carbons (Fsp3) is 0.462. The molecule has 0 spiro atoms. The minimum atomic E-state index is 0. The van der Waals surface area contributed by atoms with E-state index in [0.717, 1.165) is 24.7 Å². The van der Waals surface area contributed by atoms with Crippen LogP contribution in [0, 0.1) is 0 Å². The van der Waals surface area contributed by atoms with Gasteiger partial charge in [-0.25, -0.2) is 0 Å². The summed E-state index contributed by atoms with van der Waals surface area (Å²) in [6.45, 7) is 6.69. The minimum Gasteiger partial charge on any atom is -1.00 e. The van der Waals surface area contributed by atoms with Crippen LogP contribution in [0.1, 0.15) is 26.8 Å². The van der Waals surface area contributed by atoms with Crippen molar-refractivity contribution in [1.29, 1.82) is 0 Å². The van der Waals surface area contributed by atoms with Crippen molar-refractivity contribution < 1.29 is 18.6 Å². The molecule has 1 N–H and O–H groups in total. The Labute approximate surface area is 110 Å². The molecule has 1 aromatic carbocycles. The molecule has 1 aliphatic rings. The molecular weight excluding hydrogens is 236 g/mol. The van der Waals surface area contributed by atoms with Gasteiger partial charge in [0.2, 0.25) is 0 Å². The Morgan fingerprint density at radius 2 is 2.18 bits per heavy atom. The fourth-order valence-corrected chi connectivity index (χ4v) is 1.78. The van der Waals surface area contributed by atoms with Crippen LogP contribution in [0.25, 0.3) is 0 Å². The number of para-hydroxylation sites is 1. The summed E-state index contributed by atoms with van der Waals surface area (Å²) >= 11 is 0. The van der Waals surface area contributed by atoms with Gasteiger partial charge in [-0.1, -0.05) is 32.0 Å². The number of hydrogen-bond acceptors (Lipinski definition) is 3. The number of hydrogen-bond donors (Lipinski definition) is 1. The van der Waals surface area contributed by atoms with E-state index >= 15 is 0 Å². The first-order valence-corrected chi connectivity index (χ1v) is 5.76. The van der Waals surface area contributed by atoms with Crippen molar-refractivity contribution in [2.24, 2.45) is 4.99 Å². The third kappa shape index (κ3) is 3.63. The van der Waals surface area contributed by atoms with Crippen LogP contribution in [-0.4, -0.2) is 25.5 Å². The molecule has 1 heterocycles. The maximum atomic E-state index is 5.79. The molecule has 0 aliphatic carbocycles. The minimum absolute atomic E-state index is 0. The zero-order valence-electron chi connectivity index (χ0n) is 11.2. The van der Waals surface area contributed by atoms with Crippen LogP contribution >= 0.6 is 0 Å². The van der Waals surface area contributed by atoms with Crippen LogP contribution < -0.4 is 22.5 Å². The van der Waals surface area contributed by atoms with Crippen LogP contribution in [0.2, 0.25) is 0 Å². The van der Waals surface area contributed by atoms with Crippen LogP contribution in [-0.2, 0) is 0 Å². The van der Waals surface area contributed by atoms with Crippen LogP contribution in [0.15, 0.2) is 29.3 Å². The molecule has 1 aliphatic heterocycles. The molecule has 17 heavy (non-hydrogen) atoms. The van der Waals surface area contributed by atoms with E-state index < -0.39 is 0 Å². The standard InChI is InChI=1S/C13H18N2O.ClH/c1-10(2)11-5-3-4-6-12(11)16-9-13-14-7-8-15-13;/h3-6,10H,7-9H2,1-2H3,(H,14,15);1H. The number of amidine groups is 1. The molecule has 94 valence electrons. The predicted octanol–water partition coefficient (Wildman–Crippen LogP) is -0.693. The predicted molar refractivity (Wildman–Crippen MR) is 67.4 cm³/mol. The van der Waals surface area contributed by atoms with E-state index in [2.05, 4.69) is 30.2 Å². The lowest BCUT2D eigenvalue weighted by molar-refractivity contribution is -0.00000383. The highest BCUT2D eigenvalue weighted by atomic mass is 35.5. The Morgan fingerprint density at radius 1 is 1.41 bits per heavy atom. The van der Waals surface area contributed by atoms with E-state index in [-0.39, 0.29) is 13.8 Å². The Morgan fingerprint density at radius 3 is 2.82 bits per heavy atom. The first kappa shape index (κ1) is 13.8. The molecule has 0 aromatic heterocycles. The first-order valence-electron chi connectivity index (χ1n) is 5.76. The summed E-state index contributed by atoms with van der Waals surface area (Å²) in [5.74, 6) is 2.40. The zero-order chi connectivity index (χ0) is 11.4. The Balaban J connectivity index is 0.00000144. The SMILES string of the molecule is CC(C)c1ccccc1OCC1=NCCN1.[Cl-].[H+]. The second-order valence-electron chi connectivity index (χ2n) is 4.24. The van der Waals surface area contributed by atoms with Crippen LogP contribution in [0.4, 0.5) is 0 Å². The van der Waals surface area contributed by atoms with Gasteiger partial charge in [-0.05, 0) is 17.5 Å². The van der Waals surface area contributed by atoms with Gasteiger partial charge in [0.1, 0.15) is 18.2 Å². The van der Waals surface area contributed by atoms with Crippen molar-refractivity contribution in [1.82, 2.24) is 5.32 Å². The van der Waals surface area contributed by atoms with Crippen molar-refractivity contribution in [2.45, 2.75) is 19.8 Å². The summed E-state index contributed by atoms with van der Waals surface area (Å²) in [7, 11) is 0. The average molecular weight is 255 g/mol. The summed E-state index contributed by atoms with van der Waals surface area (Å²) < 4.78 is 5.79. The fourth-order valence-electron chi connectivity index (χ4n) is 1.78. The van der Waals surface area contributed by atoms with Crippen molar-refractivity contribution >= 4 is 5.84 Å². The lowest BCUT2D eigenvalue weighted by atomic mass is 10.0. The Hall–Kier alpha value is -1.22. The molecule has 0 saturated heterocycles. The molecule has 4 heteroatoms. The largest absolute Gasteiger partial charge is 1.00 e. The van der Waals surface area contributed by atoms with Gasteiger partial charge in [-0.2, -0.15) is 0 Å². The van der Waals surface area contributed by atoms with E-state index in [0.29, 0.717) is 12.5 Å². The Bertz CT molecular complexity index is 396. The number of benzene rings is 1. The summed E-state index contributed by atoms with van der Waals surface area (Å²) in [4.78, 5) is 4.31. The number of nitrogens with one attached hydrogen (secondary N) is 1. The van der Waals surface area contributed by atoms with Crippen molar-refractivity contribution in [3.05, 3.63) is 29.8 Å². The highest BCUT2D eigenvalue weighted by Gasteiger charge is 2.09. The van der Waals surface area contributed by atoms with Crippen molar-refractivity contribution in [3.8, 4) is 5.75 Å². The van der Waals surface area contributed by atoms with E-state index in [1.54, 1.807) is 0 Å². The molecule has 2 rings (SSSR count). The molecule has 0 amide bonds. The lowest BCUT2D eigenvalue weighted by Crippen LogP contribution is -3.00. The molecule has 0 radical (unpaired) electrons. The lowest BCUT2D eigenvalue weighted by Gasteiger charge is -2.13. The van der Waals surface area contributed by atoms with Crippen molar-refractivity contribution in [2.75, 3.05) is 19.7 Å². The average Bonchev–Trinajstić information content (AvgIpc) is 2.79. The summed E-state index contributed by atoms with van der Waals surface area (Å²) in [6.07, 6.45) is 0. The topological polar surface area (TPSA) is 33.6 Å². The third-order valence-corrected chi connectivity index (χ3v) is 2.65. The van der Waals surface area contributed by atoms with E-state index in [1.165, 1.54) is 5.56 Å². The van der Waals surface area contributed by atoms with Gasteiger partial charge in [-0.3, -0.25) is 4.99 Å². The van der Waals surface area contributed by atoms with E-state index in [1.807, 2.05) is 18.2 Å². The molecule has 0 unspecified atom stereocenters. The number of nitrogens with zero attached hydrogens (tertiary/aromatic N) is 1. The first-order chi connectivity index (χ1) is 7.77. The van der Waals surface area contributed by atoms with E-state index in [4.69, 9.17) is 4.74 Å². The molecular formula is C13H19ClN2O. The van der Waals surface area contributed by atoms with Gasteiger partial charge < -0.3 is 22.5 Å². The smallest absolute Gasteiger partial charge is 1.00 e. The maximum Gasteiger partial charge on any atom is 1.00 e. The Kier molecular flexibility index (Phi) is 5.29. The quantitative estimate of drug-likeness (QED) is 0.772. The zero-order valence-corrected chi connectivity index (χ0v) is 11.0. The van der Waals surface area contributed by atoms with Gasteiger partial charge in [0.25, 0.3) is 0 Å². The van der Waals surface area contributed by atoms with Crippen LogP contribution in [0.5, 0.6) is 5.75 Å². The van der Waals surface area contributed by atoms with Gasteiger partial charge in [-0.15, -0.1) is 0 Å². The summed E-state index contributed by atoms with van der Waals surface area (Å²) in [6, 6.07) is 8.19. The monoisotopic (exact) mass is 254 g/mol. The molecule has 0 saturated carbocycles. The second-order valence-corrected chi connectivity index (χ2v) is 4.24. The maximum absolute atomic E-state index is 5.79. The van der Waals surface area contributed by atoms with Gasteiger partial charge >= 0.3 is 1.43 Å². The highest BCUT2D eigenvalue weighted by Crippen LogP contribution is 2.25. The van der Waals surface area contributed by atoms with Crippen LogP contribution in [0.3, 0.4) is 0 Å². The van der Waals surface area contributed by atoms with Gasteiger partial charge in [0.05, 0.1) is 6.54 Å². The number of rotatable bonds is 4. The normalized spacial score (nSPS) is 13.9. The molecule has 0 atom stereocenters. The number of halogens is 1. The molecule has 3 nitrogen and oxygen atoms in total. The number of ether oxygens (including phenoxy) is 1. The van der Waals surface area contributed by atoms with Gasteiger partial charge in [0, 0.05) is 6.54 Å². The number of aliphatic imine (C=N–C) groups is 1. The highest BCUT2D eigenvalue weighted by molar-refractivity contribution is 5.85. The summed E-state index contributed by atoms with van der Waals surface area (Å²) in [5, 5.41) is 3.20. The molecule has 0 bridgehead atoms. The molecule has 1 aromatic rings. The molecule has 0 fully saturated rings. The summed E-state index contributed by atoms with van der Waals surface area (Å²) in [5.41, 5.74) is 1.25. The van der Waals surface area contributed by atoms with Gasteiger partial charge in [0.15, 0.2) is 0 Å². The van der Waals surface area contributed by atoms with E-state index in [9.17, 15) is 0 Å². The third-order valence-electron chi connectivity index (χ3n) is 2.65. The second kappa shape index (κ2) is 6.50.